The number of aromatic nitrogens is 2. The van der Waals surface area contributed by atoms with Gasteiger partial charge in [0.1, 0.15) is 0 Å². The second-order valence-electron chi connectivity index (χ2n) is 1.07. The van der Waals surface area contributed by atoms with Gasteiger partial charge in [-0.05, 0) is 12.4 Å². The Labute approximate surface area is 106 Å². The van der Waals surface area contributed by atoms with Gasteiger partial charge >= 0.3 is 67.1 Å². The minimum atomic E-state index is 0. The van der Waals surface area contributed by atoms with Crippen molar-refractivity contribution in [2.45, 2.75) is 0 Å². The summed E-state index contributed by atoms with van der Waals surface area (Å²) in [6.45, 7) is 0. The van der Waals surface area contributed by atoms with Gasteiger partial charge < -0.3 is 15.7 Å². The maximum atomic E-state index is 6.77. The molecule has 0 aliphatic heterocycles. The molecule has 3 nitrogen and oxygen atoms in total. The third-order valence-electron chi connectivity index (χ3n) is 0.566. The Hall–Kier alpha value is 1.10. The topological polar surface area (TPSA) is 49.6 Å². The molecular weight excluding hydrogens is 414 g/mol. The standard InChI is InChI=1S/C4H4N3.3Ag/c5-4-6-2-1-3-7-4;;;/h1-3H,(H-,5,6,7);;;/q-1;3*+1. The van der Waals surface area contributed by atoms with E-state index in [0.29, 0.717) is 0 Å². The van der Waals surface area contributed by atoms with Crippen molar-refractivity contribution in [3.8, 4) is 0 Å². The average Bonchev–Trinajstić information content (AvgIpc) is 1.69. The normalized spacial score (nSPS) is 6.00. The van der Waals surface area contributed by atoms with Gasteiger partial charge in [0.25, 0.3) is 0 Å². The smallest absolute Gasteiger partial charge is 0.410 e. The summed E-state index contributed by atoms with van der Waals surface area (Å²) < 4.78 is 0. The quantitative estimate of drug-likeness (QED) is 0.595. The van der Waals surface area contributed by atoms with Gasteiger partial charge in [-0.15, -0.1) is 0 Å². The van der Waals surface area contributed by atoms with Crippen LogP contribution in [0.2, 0.25) is 0 Å². The second kappa shape index (κ2) is 10.1. The van der Waals surface area contributed by atoms with Gasteiger partial charge in [-0.1, -0.05) is 6.07 Å². The van der Waals surface area contributed by atoms with E-state index in [4.69, 9.17) is 5.73 Å². The van der Waals surface area contributed by atoms with E-state index in [1.807, 2.05) is 0 Å². The molecule has 0 radical (unpaired) electrons. The van der Waals surface area contributed by atoms with Crippen LogP contribution in [0.3, 0.4) is 0 Å². The van der Waals surface area contributed by atoms with Crippen LogP contribution < -0.4 is 0 Å². The van der Waals surface area contributed by atoms with Crippen molar-refractivity contribution in [3.05, 3.63) is 24.2 Å². The zero-order valence-corrected chi connectivity index (χ0v) is 8.98. The van der Waals surface area contributed by atoms with Crippen LogP contribution in [-0.2, 0) is 67.1 Å². The third-order valence-corrected chi connectivity index (χ3v) is 0.566. The van der Waals surface area contributed by atoms with Crippen LogP contribution in [0.4, 0.5) is 5.95 Å². The van der Waals surface area contributed by atoms with E-state index in [1.165, 1.54) is 12.4 Å². The second-order valence-corrected chi connectivity index (χ2v) is 1.07. The molecule has 0 spiro atoms. The molecule has 0 saturated heterocycles. The van der Waals surface area contributed by atoms with E-state index >= 15 is 0 Å². The maximum Gasteiger partial charge on any atom is 1.00 e. The Morgan fingerprint density at radius 1 is 1.00 bits per heavy atom. The van der Waals surface area contributed by atoms with Gasteiger partial charge in [0, 0.05) is 5.95 Å². The van der Waals surface area contributed by atoms with Crippen LogP contribution in [0.5, 0.6) is 0 Å². The summed E-state index contributed by atoms with van der Waals surface area (Å²) in [5.74, 6) is 0.0718. The Morgan fingerprint density at radius 3 is 1.60 bits per heavy atom. The molecular formula is C4H4Ag3N3+2. The molecule has 0 amide bonds. The molecule has 1 aromatic rings. The molecule has 1 aromatic heterocycles. The first-order chi connectivity index (χ1) is 3.39. The van der Waals surface area contributed by atoms with Crippen LogP contribution in [0, 0.1) is 0 Å². The van der Waals surface area contributed by atoms with Gasteiger partial charge in [-0.2, -0.15) is 0 Å². The molecule has 0 fully saturated rings. The van der Waals surface area contributed by atoms with E-state index in [0.717, 1.165) is 0 Å². The van der Waals surface area contributed by atoms with Crippen LogP contribution in [0.25, 0.3) is 5.73 Å². The zero-order chi connectivity index (χ0) is 5.11. The van der Waals surface area contributed by atoms with E-state index in [-0.39, 0.29) is 73.1 Å². The third kappa shape index (κ3) is 7.21. The van der Waals surface area contributed by atoms with Crippen molar-refractivity contribution in [3.63, 3.8) is 0 Å². The molecule has 1 N–H and O–H groups in total. The van der Waals surface area contributed by atoms with Crippen molar-refractivity contribution in [2.75, 3.05) is 0 Å². The van der Waals surface area contributed by atoms with Crippen LogP contribution in [0.1, 0.15) is 0 Å². The Morgan fingerprint density at radius 2 is 1.40 bits per heavy atom. The first-order valence-electron chi connectivity index (χ1n) is 1.88. The van der Waals surface area contributed by atoms with E-state index < -0.39 is 0 Å². The summed E-state index contributed by atoms with van der Waals surface area (Å²) >= 11 is 0. The first-order valence-corrected chi connectivity index (χ1v) is 1.88. The SMILES string of the molecule is [Ag+].[Ag+].[Ag+].[NH-]c1ncccn1. The Kier molecular flexibility index (Phi) is 17.4. The fourth-order valence-electron chi connectivity index (χ4n) is 0.299. The summed E-state index contributed by atoms with van der Waals surface area (Å²) in [4.78, 5) is 7.07. The van der Waals surface area contributed by atoms with Gasteiger partial charge in [0.05, 0.1) is 0 Å². The molecule has 6 heteroatoms. The predicted octanol–water partition coefficient (Wildman–Crippen LogP) is 1.15. The summed E-state index contributed by atoms with van der Waals surface area (Å²) in [6, 6.07) is 1.68. The van der Waals surface area contributed by atoms with Crippen molar-refractivity contribution in [1.29, 1.82) is 0 Å². The number of nitrogens with one attached hydrogen (secondary N) is 1. The summed E-state index contributed by atoms with van der Waals surface area (Å²) in [5, 5.41) is 0. The molecule has 0 saturated carbocycles. The first kappa shape index (κ1) is 17.3. The monoisotopic (exact) mass is 415 g/mol. The van der Waals surface area contributed by atoms with Crippen molar-refractivity contribution in [2.24, 2.45) is 0 Å². The number of hydrogen-bond acceptors (Lipinski definition) is 2. The fraction of sp³-hybridized carbons (Fsp3) is 0. The van der Waals surface area contributed by atoms with Crippen LogP contribution in [0.15, 0.2) is 18.5 Å². The molecule has 1 heterocycles. The van der Waals surface area contributed by atoms with Crippen molar-refractivity contribution in [1.82, 2.24) is 9.97 Å². The number of nitrogens with zero attached hydrogens (tertiary/aromatic N) is 2. The van der Waals surface area contributed by atoms with Gasteiger partial charge in [-0.25, -0.2) is 0 Å². The minimum absolute atomic E-state index is 0. The van der Waals surface area contributed by atoms with Crippen LogP contribution >= 0.6 is 0 Å². The Balaban J connectivity index is -0.000000163. The van der Waals surface area contributed by atoms with Crippen molar-refractivity contribution < 1.29 is 67.1 Å². The Bertz CT molecular complexity index is 146. The van der Waals surface area contributed by atoms with Gasteiger partial charge in [0.15, 0.2) is 0 Å². The van der Waals surface area contributed by atoms with Crippen molar-refractivity contribution >= 4 is 5.95 Å². The summed E-state index contributed by atoms with van der Waals surface area (Å²) in [5.41, 5.74) is 6.77. The van der Waals surface area contributed by atoms with E-state index in [2.05, 4.69) is 9.97 Å². The summed E-state index contributed by atoms with van der Waals surface area (Å²) in [6.07, 6.45) is 3.07. The maximum absolute atomic E-state index is 6.77. The average molecular weight is 418 g/mol. The molecule has 0 aliphatic rings. The zero-order valence-electron chi connectivity index (χ0n) is 4.53. The fourth-order valence-corrected chi connectivity index (χ4v) is 0.299. The number of hydrogen-bond donors (Lipinski definition) is 0. The molecule has 0 aliphatic carbocycles. The summed E-state index contributed by atoms with van der Waals surface area (Å²) in [7, 11) is 0. The number of rotatable bonds is 0. The van der Waals surface area contributed by atoms with Gasteiger partial charge in [0.2, 0.25) is 0 Å². The van der Waals surface area contributed by atoms with Gasteiger partial charge in [-0.3, -0.25) is 0 Å². The predicted molar refractivity (Wildman–Crippen MR) is 26.0 cm³/mol. The molecule has 0 unspecified atom stereocenters. The minimum Gasteiger partial charge on any atom is -0.410 e. The molecule has 0 aromatic carbocycles. The largest absolute Gasteiger partial charge is 1.00 e. The van der Waals surface area contributed by atoms with Crippen LogP contribution in [-0.4, -0.2) is 9.97 Å². The molecule has 1 rings (SSSR count). The molecule has 0 bridgehead atoms. The van der Waals surface area contributed by atoms with E-state index in [9.17, 15) is 0 Å². The molecule has 0 atom stereocenters. The molecule has 10 heavy (non-hydrogen) atoms. The molecule has 66 valence electrons. The van der Waals surface area contributed by atoms with E-state index in [1.54, 1.807) is 6.07 Å².